The lowest BCUT2D eigenvalue weighted by molar-refractivity contribution is 1.11. The molecule has 0 aliphatic carbocycles. The van der Waals surface area contributed by atoms with Gasteiger partial charge in [0.2, 0.25) is 5.95 Å². The standard InChI is InChI=1S/C10H12BrN5S/c1-13-8-4-9(16-10(12)15-8)14-5-6-2-3-7(11)17-6/h2-4H,5H2,1H3,(H4,12,13,14,15,16). The SMILES string of the molecule is CNc1cc(NCc2ccc(Br)s2)nc(N)n1. The van der Waals surface area contributed by atoms with Crippen LogP contribution in [0.15, 0.2) is 22.0 Å². The second kappa shape index (κ2) is 5.33. The lowest BCUT2D eigenvalue weighted by atomic mass is 10.4. The van der Waals surface area contributed by atoms with Crippen LogP contribution in [-0.4, -0.2) is 17.0 Å². The Hall–Kier alpha value is -1.34. The van der Waals surface area contributed by atoms with Crippen molar-refractivity contribution in [3.05, 3.63) is 26.9 Å². The molecule has 0 amide bonds. The molecule has 0 radical (unpaired) electrons. The van der Waals surface area contributed by atoms with Crippen molar-refractivity contribution < 1.29 is 0 Å². The van der Waals surface area contributed by atoms with Gasteiger partial charge in [0, 0.05) is 18.0 Å². The number of rotatable bonds is 4. The van der Waals surface area contributed by atoms with Gasteiger partial charge in [0.1, 0.15) is 11.6 Å². The third-order valence-corrected chi connectivity index (χ3v) is 3.70. The molecule has 5 nitrogen and oxygen atoms in total. The van der Waals surface area contributed by atoms with Crippen molar-refractivity contribution in [3.63, 3.8) is 0 Å². The Bertz CT molecular complexity index is 513. The number of hydrogen-bond acceptors (Lipinski definition) is 6. The maximum absolute atomic E-state index is 5.60. The van der Waals surface area contributed by atoms with E-state index in [1.54, 1.807) is 18.4 Å². The minimum absolute atomic E-state index is 0.256. The molecule has 17 heavy (non-hydrogen) atoms. The van der Waals surface area contributed by atoms with E-state index in [4.69, 9.17) is 5.73 Å². The minimum Gasteiger partial charge on any atom is -0.373 e. The van der Waals surface area contributed by atoms with E-state index in [0.29, 0.717) is 11.6 Å². The summed E-state index contributed by atoms with van der Waals surface area (Å²) in [6, 6.07) is 5.90. The van der Waals surface area contributed by atoms with Gasteiger partial charge in [-0.3, -0.25) is 0 Å². The van der Waals surface area contributed by atoms with Crippen LogP contribution in [0.1, 0.15) is 4.88 Å². The molecule has 2 rings (SSSR count). The first kappa shape index (κ1) is 12.1. The van der Waals surface area contributed by atoms with Crippen LogP contribution in [0.4, 0.5) is 17.6 Å². The van der Waals surface area contributed by atoms with Gasteiger partial charge in [-0.1, -0.05) is 0 Å². The second-order valence-corrected chi connectivity index (χ2v) is 5.85. The van der Waals surface area contributed by atoms with Gasteiger partial charge in [-0.2, -0.15) is 9.97 Å². The number of nitrogens with zero attached hydrogens (tertiary/aromatic N) is 2. The smallest absolute Gasteiger partial charge is 0.223 e. The lowest BCUT2D eigenvalue weighted by Crippen LogP contribution is -2.05. The van der Waals surface area contributed by atoms with Crippen molar-refractivity contribution >= 4 is 44.9 Å². The predicted molar refractivity (Wildman–Crippen MR) is 75.3 cm³/mol. The molecular formula is C10H12BrN5S. The molecule has 0 saturated carbocycles. The van der Waals surface area contributed by atoms with E-state index in [-0.39, 0.29) is 5.95 Å². The molecule has 0 saturated heterocycles. The van der Waals surface area contributed by atoms with Crippen LogP contribution in [0.2, 0.25) is 0 Å². The van der Waals surface area contributed by atoms with Crippen LogP contribution in [0.5, 0.6) is 0 Å². The zero-order valence-electron chi connectivity index (χ0n) is 9.20. The number of nitrogens with two attached hydrogens (primary N) is 1. The maximum Gasteiger partial charge on any atom is 0.223 e. The lowest BCUT2D eigenvalue weighted by Gasteiger charge is -2.06. The Balaban J connectivity index is 2.05. The van der Waals surface area contributed by atoms with Crippen molar-refractivity contribution in [1.82, 2.24) is 9.97 Å². The Kier molecular flexibility index (Phi) is 3.80. The number of thiophene rings is 1. The van der Waals surface area contributed by atoms with Crippen LogP contribution in [0, 0.1) is 0 Å². The van der Waals surface area contributed by atoms with Crippen molar-refractivity contribution in [2.45, 2.75) is 6.54 Å². The summed E-state index contributed by atoms with van der Waals surface area (Å²) in [6.45, 7) is 0.718. The van der Waals surface area contributed by atoms with E-state index in [0.717, 1.165) is 10.3 Å². The summed E-state index contributed by atoms with van der Waals surface area (Å²) in [6.07, 6.45) is 0. The van der Waals surface area contributed by atoms with Gasteiger partial charge in [-0.05, 0) is 28.1 Å². The third kappa shape index (κ3) is 3.31. The van der Waals surface area contributed by atoms with Crippen LogP contribution in [0.3, 0.4) is 0 Å². The van der Waals surface area contributed by atoms with Crippen molar-refractivity contribution in [1.29, 1.82) is 0 Å². The van der Waals surface area contributed by atoms with Gasteiger partial charge < -0.3 is 16.4 Å². The maximum atomic E-state index is 5.60. The molecule has 0 bridgehead atoms. The van der Waals surface area contributed by atoms with Crippen LogP contribution >= 0.6 is 27.3 Å². The molecule has 0 aliphatic heterocycles. The highest BCUT2D eigenvalue weighted by Crippen LogP contribution is 2.23. The van der Waals surface area contributed by atoms with E-state index in [2.05, 4.69) is 42.6 Å². The van der Waals surface area contributed by atoms with Gasteiger partial charge in [0.25, 0.3) is 0 Å². The fraction of sp³-hybridized carbons (Fsp3) is 0.200. The molecule has 0 aliphatic rings. The number of nitrogen functional groups attached to an aromatic ring is 1. The first-order valence-corrected chi connectivity index (χ1v) is 6.58. The average Bonchev–Trinajstić information content (AvgIpc) is 2.72. The van der Waals surface area contributed by atoms with Crippen molar-refractivity contribution in [3.8, 4) is 0 Å². The highest BCUT2D eigenvalue weighted by Gasteiger charge is 2.02. The Labute approximate surface area is 112 Å². The molecule has 0 aromatic carbocycles. The Morgan fingerprint density at radius 2 is 2.12 bits per heavy atom. The van der Waals surface area contributed by atoms with Crippen LogP contribution in [0.25, 0.3) is 0 Å². The van der Waals surface area contributed by atoms with Crippen molar-refractivity contribution in [2.24, 2.45) is 0 Å². The zero-order chi connectivity index (χ0) is 12.3. The van der Waals surface area contributed by atoms with Gasteiger partial charge in [-0.15, -0.1) is 11.3 Å². The molecule has 90 valence electrons. The molecule has 0 fully saturated rings. The van der Waals surface area contributed by atoms with Crippen LogP contribution < -0.4 is 16.4 Å². The van der Waals surface area contributed by atoms with Gasteiger partial charge in [-0.25, -0.2) is 0 Å². The molecule has 0 spiro atoms. The largest absolute Gasteiger partial charge is 0.373 e. The number of aromatic nitrogens is 2. The van der Waals surface area contributed by atoms with Gasteiger partial charge in [0.15, 0.2) is 0 Å². The summed E-state index contributed by atoms with van der Waals surface area (Å²) in [4.78, 5) is 9.36. The highest BCUT2D eigenvalue weighted by atomic mass is 79.9. The summed E-state index contributed by atoms with van der Waals surface area (Å²) in [5.74, 6) is 1.67. The average molecular weight is 314 g/mol. The van der Waals surface area contributed by atoms with E-state index >= 15 is 0 Å². The normalized spacial score (nSPS) is 10.2. The molecule has 7 heteroatoms. The molecule has 2 aromatic heterocycles. The van der Waals surface area contributed by atoms with Gasteiger partial charge in [0.05, 0.1) is 10.3 Å². The third-order valence-electron chi connectivity index (χ3n) is 2.07. The monoisotopic (exact) mass is 313 g/mol. The van der Waals surface area contributed by atoms with E-state index in [9.17, 15) is 0 Å². The summed E-state index contributed by atoms with van der Waals surface area (Å²) in [5.41, 5.74) is 5.60. The molecule has 0 atom stereocenters. The van der Waals surface area contributed by atoms with E-state index in [1.807, 2.05) is 12.1 Å². The Morgan fingerprint density at radius 1 is 1.35 bits per heavy atom. The summed E-state index contributed by atoms with van der Waals surface area (Å²) < 4.78 is 1.12. The minimum atomic E-state index is 0.256. The summed E-state index contributed by atoms with van der Waals surface area (Å²) >= 11 is 5.11. The molecule has 4 N–H and O–H groups in total. The van der Waals surface area contributed by atoms with Gasteiger partial charge >= 0.3 is 0 Å². The first-order chi connectivity index (χ1) is 8.17. The summed E-state index contributed by atoms with van der Waals surface area (Å²) in [7, 11) is 1.79. The quantitative estimate of drug-likeness (QED) is 0.808. The predicted octanol–water partition coefficient (Wildman–Crippen LogP) is 2.54. The highest BCUT2D eigenvalue weighted by molar-refractivity contribution is 9.11. The Morgan fingerprint density at radius 3 is 2.76 bits per heavy atom. The molecule has 0 unspecified atom stereocenters. The molecular weight excluding hydrogens is 302 g/mol. The number of nitrogens with one attached hydrogen (secondary N) is 2. The second-order valence-electron chi connectivity index (χ2n) is 3.31. The topological polar surface area (TPSA) is 75.9 Å². The molecule has 2 heterocycles. The number of hydrogen-bond donors (Lipinski definition) is 3. The summed E-state index contributed by atoms with van der Waals surface area (Å²) in [5, 5.41) is 6.14. The van der Waals surface area contributed by atoms with E-state index in [1.165, 1.54) is 4.88 Å². The van der Waals surface area contributed by atoms with E-state index < -0.39 is 0 Å². The van der Waals surface area contributed by atoms with Crippen LogP contribution in [-0.2, 0) is 6.54 Å². The zero-order valence-corrected chi connectivity index (χ0v) is 11.6. The number of anilines is 3. The fourth-order valence-electron chi connectivity index (χ4n) is 1.31. The fourth-order valence-corrected chi connectivity index (χ4v) is 2.73. The first-order valence-electron chi connectivity index (χ1n) is 4.98. The molecule has 2 aromatic rings. The number of halogens is 1. The van der Waals surface area contributed by atoms with Crippen molar-refractivity contribution in [2.75, 3.05) is 23.4 Å².